The molecule has 0 saturated heterocycles. The van der Waals surface area contributed by atoms with Crippen LogP contribution in [0.3, 0.4) is 0 Å². The van der Waals surface area contributed by atoms with Gasteiger partial charge >= 0.3 is 17.9 Å². The van der Waals surface area contributed by atoms with Crippen LogP contribution in [-0.2, 0) is 28.6 Å². The molecule has 0 aromatic carbocycles. The summed E-state index contributed by atoms with van der Waals surface area (Å²) in [7, 11) is 0. The minimum Gasteiger partial charge on any atom is -0.462 e. The van der Waals surface area contributed by atoms with Gasteiger partial charge in [0, 0.05) is 19.3 Å². The van der Waals surface area contributed by atoms with Gasteiger partial charge in [-0.1, -0.05) is 196 Å². The van der Waals surface area contributed by atoms with E-state index < -0.39 is 6.10 Å². The van der Waals surface area contributed by atoms with Crippen molar-refractivity contribution in [3.8, 4) is 0 Å². The average molecular weight is 823 g/mol. The maximum atomic E-state index is 12.7. The van der Waals surface area contributed by atoms with Crippen LogP contribution in [0.15, 0.2) is 72.9 Å². The van der Waals surface area contributed by atoms with Crippen LogP contribution < -0.4 is 0 Å². The van der Waals surface area contributed by atoms with Gasteiger partial charge in [-0.3, -0.25) is 14.4 Å². The van der Waals surface area contributed by atoms with Crippen molar-refractivity contribution in [2.45, 2.75) is 232 Å². The molecule has 0 fully saturated rings. The van der Waals surface area contributed by atoms with Gasteiger partial charge in [-0.15, -0.1) is 0 Å². The Morgan fingerprint density at radius 2 is 0.678 bits per heavy atom. The van der Waals surface area contributed by atoms with Crippen molar-refractivity contribution in [1.82, 2.24) is 0 Å². The summed E-state index contributed by atoms with van der Waals surface area (Å²) in [6, 6.07) is 0. The molecule has 0 aliphatic heterocycles. The van der Waals surface area contributed by atoms with Gasteiger partial charge in [0.2, 0.25) is 0 Å². The second-order valence-electron chi connectivity index (χ2n) is 16.0. The van der Waals surface area contributed by atoms with Crippen LogP contribution in [0.25, 0.3) is 0 Å². The Balaban J connectivity index is 4.45. The summed E-state index contributed by atoms with van der Waals surface area (Å²) in [5, 5.41) is 0. The lowest BCUT2D eigenvalue weighted by Crippen LogP contribution is -2.30. The molecule has 0 N–H and O–H groups in total. The normalized spacial score (nSPS) is 12.7. The molecule has 0 saturated carbocycles. The maximum Gasteiger partial charge on any atom is 0.306 e. The molecule has 0 radical (unpaired) electrons. The van der Waals surface area contributed by atoms with Crippen molar-refractivity contribution in [2.24, 2.45) is 0 Å². The van der Waals surface area contributed by atoms with E-state index in [9.17, 15) is 14.4 Å². The Morgan fingerprint density at radius 3 is 1.12 bits per heavy atom. The molecule has 0 spiro atoms. The highest BCUT2D eigenvalue weighted by atomic mass is 16.6. The second kappa shape index (κ2) is 47.5. The van der Waals surface area contributed by atoms with Crippen LogP contribution in [0.5, 0.6) is 0 Å². The molecule has 0 amide bonds. The fraction of sp³-hybridized carbons (Fsp3) is 0.717. The predicted molar refractivity (Wildman–Crippen MR) is 251 cm³/mol. The molecule has 0 bridgehead atoms. The molecule has 338 valence electrons. The highest BCUT2D eigenvalue weighted by molar-refractivity contribution is 5.71. The minimum atomic E-state index is -0.799. The number of carbonyl (C=O) groups excluding carboxylic acids is 3. The van der Waals surface area contributed by atoms with Crippen molar-refractivity contribution in [3.63, 3.8) is 0 Å². The smallest absolute Gasteiger partial charge is 0.306 e. The Hall–Kier alpha value is -3.15. The average Bonchev–Trinajstić information content (AvgIpc) is 3.23. The monoisotopic (exact) mass is 823 g/mol. The first kappa shape index (κ1) is 55.9. The lowest BCUT2D eigenvalue weighted by atomic mass is 10.1. The lowest BCUT2D eigenvalue weighted by Gasteiger charge is -2.18. The highest BCUT2D eigenvalue weighted by Gasteiger charge is 2.19. The summed E-state index contributed by atoms with van der Waals surface area (Å²) in [5.74, 6) is -0.969. The first-order valence-corrected chi connectivity index (χ1v) is 24.4. The Kier molecular flexibility index (Phi) is 45.0. The maximum absolute atomic E-state index is 12.7. The molecule has 0 aromatic heterocycles. The zero-order chi connectivity index (χ0) is 43.0. The fourth-order valence-corrected chi connectivity index (χ4v) is 6.53. The van der Waals surface area contributed by atoms with E-state index in [1.807, 2.05) is 0 Å². The van der Waals surface area contributed by atoms with Crippen LogP contribution in [0, 0.1) is 0 Å². The summed E-state index contributed by atoms with van der Waals surface area (Å²) < 4.78 is 16.7. The number of hydrogen-bond acceptors (Lipinski definition) is 6. The Morgan fingerprint density at radius 1 is 0.356 bits per heavy atom. The molecule has 0 aromatic rings. The first-order chi connectivity index (χ1) is 29.0. The molecule has 0 aliphatic rings. The van der Waals surface area contributed by atoms with Crippen molar-refractivity contribution in [1.29, 1.82) is 0 Å². The SMILES string of the molecule is CC/C=C\C/C=C\C/C=C\C/C=C\C/C=C\CCCC(=O)OC[C@@H](COC(=O)CCCCCCCCCCC)OC(=O)CCCCCCC/C=C\CCCCCCCC. The van der Waals surface area contributed by atoms with Crippen molar-refractivity contribution in [3.05, 3.63) is 72.9 Å². The molecule has 1 atom stereocenters. The molecule has 0 aliphatic carbocycles. The van der Waals surface area contributed by atoms with E-state index in [0.29, 0.717) is 19.3 Å². The summed E-state index contributed by atoms with van der Waals surface area (Å²) >= 11 is 0. The quantitative estimate of drug-likeness (QED) is 0.0264. The topological polar surface area (TPSA) is 78.9 Å². The van der Waals surface area contributed by atoms with E-state index in [-0.39, 0.29) is 37.5 Å². The number of ether oxygens (including phenoxy) is 3. The van der Waals surface area contributed by atoms with Crippen LogP contribution in [0.2, 0.25) is 0 Å². The number of hydrogen-bond donors (Lipinski definition) is 0. The fourth-order valence-electron chi connectivity index (χ4n) is 6.53. The molecule has 6 nitrogen and oxygen atoms in total. The van der Waals surface area contributed by atoms with E-state index in [0.717, 1.165) is 89.9 Å². The van der Waals surface area contributed by atoms with E-state index >= 15 is 0 Å². The standard InChI is InChI=1S/C53H90O6/c1-4-7-10-13-16-19-21-23-25-26-28-29-31-34-37-40-43-46-52(55)58-49-50(48-57-51(54)45-42-39-36-33-18-15-12-9-6-3)59-53(56)47-44-41-38-35-32-30-27-24-22-20-17-14-11-8-5-2/h7,10,16,19,23-25,27-29,34,37,50H,4-6,8-9,11-15,17-18,20-22,26,30-33,35-36,38-49H2,1-3H3/b10-7-,19-16-,25-23-,27-24-,29-28-,37-34-/t50-/m1/s1. The van der Waals surface area contributed by atoms with Gasteiger partial charge in [0.05, 0.1) is 0 Å². The molecule has 0 rings (SSSR count). The van der Waals surface area contributed by atoms with Gasteiger partial charge in [0.15, 0.2) is 6.10 Å². The second-order valence-corrected chi connectivity index (χ2v) is 16.0. The Bertz CT molecular complexity index is 1130. The van der Waals surface area contributed by atoms with Crippen molar-refractivity contribution >= 4 is 17.9 Å². The number of esters is 3. The minimum absolute atomic E-state index is 0.0955. The van der Waals surface area contributed by atoms with Gasteiger partial charge in [-0.2, -0.15) is 0 Å². The predicted octanol–water partition coefficient (Wildman–Crippen LogP) is 15.9. The summed E-state index contributed by atoms with van der Waals surface area (Å²) in [4.78, 5) is 37.8. The van der Waals surface area contributed by atoms with Crippen molar-refractivity contribution < 1.29 is 28.6 Å². The van der Waals surface area contributed by atoms with E-state index in [2.05, 4.69) is 93.7 Å². The van der Waals surface area contributed by atoms with Crippen LogP contribution in [0.1, 0.15) is 226 Å². The highest BCUT2D eigenvalue weighted by Crippen LogP contribution is 2.13. The van der Waals surface area contributed by atoms with Crippen molar-refractivity contribution in [2.75, 3.05) is 13.2 Å². The number of carbonyl (C=O) groups is 3. The van der Waals surface area contributed by atoms with Gasteiger partial charge < -0.3 is 14.2 Å². The van der Waals surface area contributed by atoms with E-state index in [4.69, 9.17) is 14.2 Å². The van der Waals surface area contributed by atoms with E-state index in [1.54, 1.807) is 0 Å². The number of allylic oxidation sites excluding steroid dienone is 12. The first-order valence-electron chi connectivity index (χ1n) is 24.4. The van der Waals surface area contributed by atoms with Crippen LogP contribution in [-0.4, -0.2) is 37.2 Å². The van der Waals surface area contributed by atoms with Crippen LogP contribution >= 0.6 is 0 Å². The van der Waals surface area contributed by atoms with Gasteiger partial charge in [0.25, 0.3) is 0 Å². The molecule has 0 unspecified atom stereocenters. The third-order valence-electron chi connectivity index (χ3n) is 10.2. The van der Waals surface area contributed by atoms with Crippen LogP contribution in [0.4, 0.5) is 0 Å². The van der Waals surface area contributed by atoms with Gasteiger partial charge in [-0.25, -0.2) is 0 Å². The zero-order valence-electron chi connectivity index (χ0n) is 38.5. The lowest BCUT2D eigenvalue weighted by molar-refractivity contribution is -0.167. The summed E-state index contributed by atoms with van der Waals surface area (Å²) in [6.07, 6.45) is 58.9. The third-order valence-corrected chi connectivity index (χ3v) is 10.2. The van der Waals surface area contributed by atoms with E-state index in [1.165, 1.54) is 89.9 Å². The molecular formula is C53H90O6. The largest absolute Gasteiger partial charge is 0.462 e. The molecule has 6 heteroatoms. The molecule has 0 heterocycles. The third kappa shape index (κ3) is 45.8. The number of rotatable bonds is 43. The Labute approximate surface area is 363 Å². The number of unbranched alkanes of at least 4 members (excludes halogenated alkanes) is 20. The zero-order valence-corrected chi connectivity index (χ0v) is 38.5. The summed E-state index contributed by atoms with van der Waals surface area (Å²) in [5.41, 5.74) is 0. The van der Waals surface area contributed by atoms with Gasteiger partial charge in [-0.05, 0) is 83.5 Å². The van der Waals surface area contributed by atoms with Gasteiger partial charge in [0.1, 0.15) is 13.2 Å². The molecular weight excluding hydrogens is 733 g/mol. The summed E-state index contributed by atoms with van der Waals surface area (Å²) in [6.45, 7) is 6.43. The molecule has 59 heavy (non-hydrogen) atoms.